The molecule has 1 aromatic heterocycles. The van der Waals surface area contributed by atoms with E-state index in [4.69, 9.17) is 11.6 Å². The first-order valence-corrected chi connectivity index (χ1v) is 8.03. The van der Waals surface area contributed by atoms with Gasteiger partial charge in [-0.2, -0.15) is 0 Å². The van der Waals surface area contributed by atoms with Crippen molar-refractivity contribution in [1.29, 1.82) is 0 Å². The first-order valence-electron chi connectivity index (χ1n) is 7.65. The van der Waals surface area contributed by atoms with Crippen LogP contribution in [0, 0.1) is 0 Å². The highest BCUT2D eigenvalue weighted by molar-refractivity contribution is 6.39. The van der Waals surface area contributed by atoms with Crippen LogP contribution >= 0.6 is 11.6 Å². The summed E-state index contributed by atoms with van der Waals surface area (Å²) < 4.78 is 0. The minimum Gasteiger partial charge on any atom is -0.353 e. The number of hydrogen-bond acceptors (Lipinski definition) is 4. The van der Waals surface area contributed by atoms with Gasteiger partial charge in [-0.15, -0.1) is 0 Å². The van der Waals surface area contributed by atoms with Gasteiger partial charge in [-0.1, -0.05) is 17.7 Å². The monoisotopic (exact) mass is 344 g/mol. The van der Waals surface area contributed by atoms with Crippen LogP contribution in [-0.4, -0.2) is 47.9 Å². The number of benzene rings is 1. The quantitative estimate of drug-likeness (QED) is 0.846. The van der Waals surface area contributed by atoms with E-state index >= 15 is 0 Å². The van der Waals surface area contributed by atoms with Crippen molar-refractivity contribution in [1.82, 2.24) is 9.88 Å². The number of aromatic nitrogens is 1. The summed E-state index contributed by atoms with van der Waals surface area (Å²) in [5, 5.41) is 3.17. The summed E-state index contributed by atoms with van der Waals surface area (Å²) in [6, 6.07) is 12.4. The van der Waals surface area contributed by atoms with Crippen LogP contribution in [0.5, 0.6) is 0 Å². The standard InChI is InChI=1S/C17H17ClN4O2/c18-13-4-6-14(7-5-13)20-16(23)17(24)22-11-9-21(10-12-22)15-3-1-2-8-19-15/h1-8H,9-12H2,(H,20,23). The fraction of sp³-hybridized carbons (Fsp3) is 0.235. The van der Waals surface area contributed by atoms with Crippen molar-refractivity contribution in [3.8, 4) is 0 Å². The Kier molecular flexibility index (Phi) is 4.96. The Morgan fingerprint density at radius 2 is 1.71 bits per heavy atom. The van der Waals surface area contributed by atoms with Crippen LogP contribution in [-0.2, 0) is 9.59 Å². The molecule has 0 saturated carbocycles. The van der Waals surface area contributed by atoms with Crippen LogP contribution < -0.4 is 10.2 Å². The van der Waals surface area contributed by atoms with Crippen molar-refractivity contribution in [3.05, 3.63) is 53.7 Å². The smallest absolute Gasteiger partial charge is 0.313 e. The van der Waals surface area contributed by atoms with Gasteiger partial charge in [0.15, 0.2) is 0 Å². The third-order valence-electron chi connectivity index (χ3n) is 3.84. The largest absolute Gasteiger partial charge is 0.353 e. The molecule has 1 aliphatic rings. The van der Waals surface area contributed by atoms with Crippen molar-refractivity contribution < 1.29 is 9.59 Å². The van der Waals surface area contributed by atoms with E-state index in [1.807, 2.05) is 18.2 Å². The number of nitrogens with zero attached hydrogens (tertiary/aromatic N) is 3. The van der Waals surface area contributed by atoms with Gasteiger partial charge in [0.1, 0.15) is 5.82 Å². The predicted octanol–water partition coefficient (Wildman–Crippen LogP) is 2.02. The lowest BCUT2D eigenvalue weighted by atomic mass is 10.2. The fourth-order valence-electron chi connectivity index (χ4n) is 2.54. The molecule has 24 heavy (non-hydrogen) atoms. The molecule has 1 saturated heterocycles. The normalized spacial score (nSPS) is 14.4. The molecule has 0 bridgehead atoms. The van der Waals surface area contributed by atoms with E-state index in [0.717, 1.165) is 5.82 Å². The number of pyridine rings is 1. The summed E-state index contributed by atoms with van der Waals surface area (Å²) in [4.78, 5) is 32.3. The molecule has 1 N–H and O–H groups in total. The van der Waals surface area contributed by atoms with Crippen LogP contribution in [0.1, 0.15) is 0 Å². The van der Waals surface area contributed by atoms with Crippen LogP contribution in [0.4, 0.5) is 11.5 Å². The summed E-state index contributed by atoms with van der Waals surface area (Å²) in [6.07, 6.45) is 1.74. The Bertz CT molecular complexity index is 713. The van der Waals surface area contributed by atoms with Crippen molar-refractivity contribution in [2.24, 2.45) is 0 Å². The third kappa shape index (κ3) is 3.83. The molecular weight excluding hydrogens is 328 g/mol. The van der Waals surface area contributed by atoms with Gasteiger partial charge in [0.25, 0.3) is 0 Å². The summed E-state index contributed by atoms with van der Waals surface area (Å²) in [5.74, 6) is -0.274. The van der Waals surface area contributed by atoms with Gasteiger partial charge in [-0.05, 0) is 36.4 Å². The average Bonchev–Trinajstić information content (AvgIpc) is 2.64. The molecule has 124 valence electrons. The number of carbonyl (C=O) groups excluding carboxylic acids is 2. The highest BCUT2D eigenvalue weighted by Gasteiger charge is 2.26. The summed E-state index contributed by atoms with van der Waals surface area (Å²) in [7, 11) is 0. The van der Waals surface area contributed by atoms with Gasteiger partial charge < -0.3 is 15.1 Å². The Morgan fingerprint density at radius 1 is 1.00 bits per heavy atom. The van der Waals surface area contributed by atoms with Crippen LogP contribution in [0.3, 0.4) is 0 Å². The fourth-order valence-corrected chi connectivity index (χ4v) is 2.67. The molecule has 7 heteroatoms. The van der Waals surface area contributed by atoms with E-state index in [1.165, 1.54) is 0 Å². The zero-order chi connectivity index (χ0) is 16.9. The second-order valence-electron chi connectivity index (χ2n) is 5.43. The number of nitrogens with one attached hydrogen (secondary N) is 1. The molecule has 0 atom stereocenters. The lowest BCUT2D eigenvalue weighted by Gasteiger charge is -2.34. The zero-order valence-corrected chi connectivity index (χ0v) is 13.7. The van der Waals surface area contributed by atoms with Gasteiger partial charge in [-0.3, -0.25) is 9.59 Å². The summed E-state index contributed by atoms with van der Waals surface area (Å²) >= 11 is 5.80. The molecule has 2 heterocycles. The molecular formula is C17H17ClN4O2. The molecule has 2 amide bonds. The van der Waals surface area contributed by atoms with E-state index in [9.17, 15) is 9.59 Å². The van der Waals surface area contributed by atoms with Gasteiger partial charge in [0.05, 0.1) is 0 Å². The highest BCUT2D eigenvalue weighted by Crippen LogP contribution is 2.15. The molecule has 0 spiro atoms. The van der Waals surface area contributed by atoms with E-state index in [0.29, 0.717) is 36.9 Å². The Balaban J connectivity index is 1.54. The molecule has 1 fully saturated rings. The molecule has 1 aliphatic heterocycles. The molecule has 0 aliphatic carbocycles. The molecule has 6 nitrogen and oxygen atoms in total. The molecule has 0 radical (unpaired) electrons. The van der Waals surface area contributed by atoms with Crippen molar-refractivity contribution in [3.63, 3.8) is 0 Å². The summed E-state index contributed by atoms with van der Waals surface area (Å²) in [5.41, 5.74) is 0.546. The predicted molar refractivity (Wildman–Crippen MR) is 93.1 cm³/mol. The topological polar surface area (TPSA) is 65.5 Å². The maximum Gasteiger partial charge on any atom is 0.313 e. The number of piperazine rings is 1. The molecule has 3 rings (SSSR count). The second-order valence-corrected chi connectivity index (χ2v) is 5.86. The third-order valence-corrected chi connectivity index (χ3v) is 4.09. The number of anilines is 2. The minimum atomic E-state index is -0.636. The first kappa shape index (κ1) is 16.3. The van der Waals surface area contributed by atoms with E-state index in [-0.39, 0.29) is 0 Å². The SMILES string of the molecule is O=C(Nc1ccc(Cl)cc1)C(=O)N1CCN(c2ccccn2)CC1. The maximum absolute atomic E-state index is 12.3. The van der Waals surface area contributed by atoms with Gasteiger partial charge in [0.2, 0.25) is 0 Å². The number of halogens is 1. The number of rotatable bonds is 2. The van der Waals surface area contributed by atoms with Crippen LogP contribution in [0.15, 0.2) is 48.7 Å². The van der Waals surface area contributed by atoms with E-state index < -0.39 is 11.8 Å². The average molecular weight is 345 g/mol. The van der Waals surface area contributed by atoms with E-state index in [2.05, 4.69) is 15.2 Å². The second kappa shape index (κ2) is 7.31. The zero-order valence-electron chi connectivity index (χ0n) is 13.0. The number of amides is 2. The van der Waals surface area contributed by atoms with Crippen LogP contribution in [0.2, 0.25) is 5.02 Å². The van der Waals surface area contributed by atoms with Gasteiger partial charge >= 0.3 is 11.8 Å². The Labute approximate surface area is 145 Å². The minimum absolute atomic E-state index is 0.490. The van der Waals surface area contributed by atoms with Gasteiger partial charge in [-0.25, -0.2) is 4.98 Å². The highest BCUT2D eigenvalue weighted by atomic mass is 35.5. The number of hydrogen-bond donors (Lipinski definition) is 1. The first-order chi connectivity index (χ1) is 11.6. The number of carbonyl (C=O) groups is 2. The lowest BCUT2D eigenvalue weighted by Crippen LogP contribution is -2.51. The van der Waals surface area contributed by atoms with Crippen molar-refractivity contribution in [2.75, 3.05) is 36.4 Å². The maximum atomic E-state index is 12.3. The van der Waals surface area contributed by atoms with Crippen LogP contribution in [0.25, 0.3) is 0 Å². The molecule has 0 unspecified atom stereocenters. The molecule has 2 aromatic rings. The molecule has 1 aromatic carbocycles. The Hall–Kier alpha value is -2.60. The summed E-state index contributed by atoms with van der Waals surface area (Å²) in [6.45, 7) is 2.28. The lowest BCUT2D eigenvalue weighted by molar-refractivity contribution is -0.143. The van der Waals surface area contributed by atoms with Crippen molar-refractivity contribution >= 4 is 34.9 Å². The van der Waals surface area contributed by atoms with Gasteiger partial charge in [0, 0.05) is 43.1 Å². The van der Waals surface area contributed by atoms with Crippen molar-refractivity contribution in [2.45, 2.75) is 0 Å². The Morgan fingerprint density at radius 3 is 2.33 bits per heavy atom. The van der Waals surface area contributed by atoms with E-state index in [1.54, 1.807) is 35.4 Å².